The molecule has 0 atom stereocenters. The Hall–Kier alpha value is -1.47. The molecule has 0 radical (unpaired) electrons. The molecule has 0 bridgehead atoms. The summed E-state index contributed by atoms with van der Waals surface area (Å²) in [6, 6.07) is 1.72. The van der Waals surface area contributed by atoms with E-state index in [1.165, 1.54) is 16.9 Å². The smallest absolute Gasteiger partial charge is 0.258 e. The number of aromatic nitrogens is 2. The van der Waals surface area contributed by atoms with Gasteiger partial charge in [-0.25, -0.2) is 13.4 Å². The van der Waals surface area contributed by atoms with E-state index in [0.717, 1.165) is 31.4 Å². The average Bonchev–Trinajstić information content (AvgIpc) is 2.97. The Labute approximate surface area is 130 Å². The van der Waals surface area contributed by atoms with Crippen LogP contribution in [0.5, 0.6) is 0 Å². The Kier molecular flexibility index (Phi) is 4.18. The number of nitrogens with zero attached hydrogens (tertiary/aromatic N) is 3. The summed E-state index contributed by atoms with van der Waals surface area (Å²) in [4.78, 5) is 4.32. The van der Waals surface area contributed by atoms with Crippen LogP contribution in [0.25, 0.3) is 11.1 Å². The molecule has 0 spiro atoms. The van der Waals surface area contributed by atoms with Crippen LogP contribution in [0.3, 0.4) is 0 Å². The maximum Gasteiger partial charge on any atom is 0.258 e. The third-order valence-electron chi connectivity index (χ3n) is 4.48. The van der Waals surface area contributed by atoms with Gasteiger partial charge in [-0.3, -0.25) is 0 Å². The van der Waals surface area contributed by atoms with Gasteiger partial charge in [0.1, 0.15) is 4.90 Å². The fourth-order valence-electron chi connectivity index (χ4n) is 3.06. The van der Waals surface area contributed by atoms with Gasteiger partial charge >= 0.3 is 0 Å². The zero-order chi connectivity index (χ0) is 15.7. The first-order valence-electron chi connectivity index (χ1n) is 7.76. The molecule has 2 heterocycles. The Balaban J connectivity index is 1.97. The van der Waals surface area contributed by atoms with Crippen molar-refractivity contribution in [3.8, 4) is 0 Å². The van der Waals surface area contributed by atoms with Crippen LogP contribution >= 0.6 is 0 Å². The van der Waals surface area contributed by atoms with Crippen molar-refractivity contribution >= 4 is 21.1 Å². The predicted octanol–water partition coefficient (Wildman–Crippen LogP) is 2.74. The summed E-state index contributed by atoms with van der Waals surface area (Å²) in [5, 5.41) is 4.61. The van der Waals surface area contributed by atoms with Crippen LogP contribution in [0, 0.1) is 0 Å². The quantitative estimate of drug-likeness (QED) is 0.864. The highest BCUT2D eigenvalue weighted by molar-refractivity contribution is 7.89. The van der Waals surface area contributed by atoms with E-state index >= 15 is 0 Å². The summed E-state index contributed by atoms with van der Waals surface area (Å²) >= 11 is 0. The van der Waals surface area contributed by atoms with E-state index in [1.54, 1.807) is 13.1 Å². The first kappa shape index (κ1) is 15.4. The molecule has 0 aliphatic heterocycles. The van der Waals surface area contributed by atoms with Crippen LogP contribution in [0.1, 0.15) is 44.7 Å². The molecule has 0 aromatic carbocycles. The predicted molar refractivity (Wildman–Crippen MR) is 83.0 cm³/mol. The minimum Gasteiger partial charge on any atom is -0.336 e. The zero-order valence-electron chi connectivity index (χ0n) is 12.9. The first-order chi connectivity index (χ1) is 10.5. The van der Waals surface area contributed by atoms with Crippen molar-refractivity contribution in [2.24, 2.45) is 0 Å². The lowest BCUT2D eigenvalue weighted by Crippen LogP contribution is -2.38. The summed E-state index contributed by atoms with van der Waals surface area (Å²) in [6.45, 7) is 1.95. The van der Waals surface area contributed by atoms with Gasteiger partial charge in [-0.1, -0.05) is 31.3 Å². The van der Waals surface area contributed by atoms with Crippen LogP contribution in [-0.4, -0.2) is 36.0 Å². The normalized spacial score (nSPS) is 17.4. The molecule has 2 aromatic rings. The number of fused-ring (bicyclic) bond motifs is 1. The van der Waals surface area contributed by atoms with E-state index < -0.39 is 10.0 Å². The van der Waals surface area contributed by atoms with Crippen LogP contribution < -0.4 is 0 Å². The van der Waals surface area contributed by atoms with Gasteiger partial charge in [0.05, 0.1) is 17.3 Å². The Morgan fingerprint density at radius 3 is 2.73 bits per heavy atom. The third kappa shape index (κ3) is 2.63. The largest absolute Gasteiger partial charge is 0.336 e. The third-order valence-corrected chi connectivity index (χ3v) is 6.36. The minimum absolute atomic E-state index is 0.0857. The molecule has 0 N–H and O–H groups in total. The topological polar surface area (TPSA) is 76.3 Å². The minimum atomic E-state index is -3.53. The number of aryl methyl sites for hydroxylation is 1. The van der Waals surface area contributed by atoms with Crippen molar-refractivity contribution in [1.82, 2.24) is 14.4 Å². The highest BCUT2D eigenvalue weighted by atomic mass is 32.2. The van der Waals surface area contributed by atoms with E-state index in [9.17, 15) is 8.42 Å². The maximum absolute atomic E-state index is 12.8. The lowest BCUT2D eigenvalue weighted by Gasteiger charge is -2.30. The highest BCUT2D eigenvalue weighted by Gasteiger charge is 2.29. The van der Waals surface area contributed by atoms with Gasteiger partial charge < -0.3 is 4.52 Å². The molecular formula is C15H21N3O3S. The molecule has 1 fully saturated rings. The van der Waals surface area contributed by atoms with Gasteiger partial charge in [-0.05, 0) is 25.3 Å². The summed E-state index contributed by atoms with van der Waals surface area (Å²) in [7, 11) is -1.86. The highest BCUT2D eigenvalue weighted by Crippen LogP contribution is 2.28. The van der Waals surface area contributed by atoms with E-state index in [0.29, 0.717) is 17.5 Å². The van der Waals surface area contributed by atoms with Gasteiger partial charge in [-0.15, -0.1) is 0 Å². The molecule has 7 heteroatoms. The van der Waals surface area contributed by atoms with Gasteiger partial charge in [0.25, 0.3) is 5.71 Å². The molecular weight excluding hydrogens is 302 g/mol. The summed E-state index contributed by atoms with van der Waals surface area (Å²) in [6.07, 6.45) is 7.27. The van der Waals surface area contributed by atoms with Crippen molar-refractivity contribution in [3.05, 3.63) is 18.0 Å². The summed E-state index contributed by atoms with van der Waals surface area (Å²) in [5.41, 5.74) is 1.12. The van der Waals surface area contributed by atoms with E-state index in [4.69, 9.17) is 4.52 Å². The molecule has 0 unspecified atom stereocenters. The molecule has 120 valence electrons. The van der Waals surface area contributed by atoms with Crippen molar-refractivity contribution in [2.45, 2.75) is 56.4 Å². The molecule has 0 amide bonds. The fraction of sp³-hybridized carbons (Fsp3) is 0.600. The second-order valence-electron chi connectivity index (χ2n) is 5.82. The monoisotopic (exact) mass is 323 g/mol. The van der Waals surface area contributed by atoms with Crippen molar-refractivity contribution < 1.29 is 12.9 Å². The number of hydrogen-bond acceptors (Lipinski definition) is 5. The number of pyridine rings is 1. The second kappa shape index (κ2) is 5.96. The summed E-state index contributed by atoms with van der Waals surface area (Å²) in [5.74, 6) is 0. The van der Waals surface area contributed by atoms with Gasteiger partial charge in [0.15, 0.2) is 0 Å². The molecule has 3 rings (SSSR count). The molecule has 0 saturated heterocycles. The van der Waals surface area contributed by atoms with Crippen LogP contribution in [0.15, 0.2) is 21.7 Å². The lowest BCUT2D eigenvalue weighted by molar-refractivity contribution is 0.286. The molecule has 6 nitrogen and oxygen atoms in total. The number of sulfonamides is 1. The van der Waals surface area contributed by atoms with Crippen LogP contribution in [0.4, 0.5) is 0 Å². The number of hydrogen-bond donors (Lipinski definition) is 0. The Morgan fingerprint density at radius 1 is 1.32 bits per heavy atom. The van der Waals surface area contributed by atoms with Gasteiger partial charge in [0.2, 0.25) is 10.0 Å². The Morgan fingerprint density at radius 2 is 2.05 bits per heavy atom. The first-order valence-corrected chi connectivity index (χ1v) is 9.20. The van der Waals surface area contributed by atoms with E-state index in [-0.39, 0.29) is 10.9 Å². The maximum atomic E-state index is 12.8. The van der Waals surface area contributed by atoms with Gasteiger partial charge in [0, 0.05) is 13.1 Å². The van der Waals surface area contributed by atoms with Crippen molar-refractivity contribution in [2.75, 3.05) is 7.05 Å². The molecule has 1 saturated carbocycles. The second-order valence-corrected chi connectivity index (χ2v) is 7.82. The van der Waals surface area contributed by atoms with Gasteiger partial charge in [-0.2, -0.15) is 4.31 Å². The average molecular weight is 323 g/mol. The fourth-order valence-corrected chi connectivity index (χ4v) is 4.45. The Bertz CT molecular complexity index is 763. The van der Waals surface area contributed by atoms with Crippen molar-refractivity contribution in [3.63, 3.8) is 0 Å². The van der Waals surface area contributed by atoms with Crippen molar-refractivity contribution in [1.29, 1.82) is 0 Å². The lowest BCUT2D eigenvalue weighted by atomic mass is 9.96. The molecule has 2 aromatic heterocycles. The molecule has 22 heavy (non-hydrogen) atoms. The standard InChI is InChI=1S/C15H21N3O3S/c1-3-14-13-9-12(10-16-15(13)21-17-14)22(19,20)18(2)11-7-5-4-6-8-11/h9-11H,3-8H2,1-2H3. The van der Waals surface area contributed by atoms with Crippen LogP contribution in [-0.2, 0) is 16.4 Å². The zero-order valence-corrected chi connectivity index (χ0v) is 13.8. The SMILES string of the molecule is CCc1noc2ncc(S(=O)(=O)N(C)C3CCCCC3)cc12. The molecule has 1 aliphatic carbocycles. The summed E-state index contributed by atoms with van der Waals surface area (Å²) < 4.78 is 32.3. The van der Waals surface area contributed by atoms with Crippen LogP contribution in [0.2, 0.25) is 0 Å². The number of rotatable bonds is 4. The van der Waals surface area contributed by atoms with E-state index in [1.807, 2.05) is 6.92 Å². The molecule has 1 aliphatic rings. The van der Waals surface area contributed by atoms with E-state index in [2.05, 4.69) is 10.1 Å².